The van der Waals surface area contributed by atoms with Gasteiger partial charge in [0.2, 0.25) is 0 Å². The second kappa shape index (κ2) is 5.80. The summed E-state index contributed by atoms with van der Waals surface area (Å²) < 4.78 is 0. The fourth-order valence-electron chi connectivity index (χ4n) is 2.52. The van der Waals surface area contributed by atoms with E-state index in [9.17, 15) is 9.59 Å². The van der Waals surface area contributed by atoms with Crippen molar-refractivity contribution in [2.24, 2.45) is 0 Å². The highest BCUT2D eigenvalue weighted by Gasteiger charge is 2.29. The zero-order valence-corrected chi connectivity index (χ0v) is 12.0. The Kier molecular flexibility index (Phi) is 3.88. The predicted octanol–water partition coefficient (Wildman–Crippen LogP) is 1.23. The number of carbonyl (C=O) groups is 2. The van der Waals surface area contributed by atoms with Gasteiger partial charge in [0.05, 0.1) is 6.04 Å². The molecular formula is C13H18N4O2S. The first kappa shape index (κ1) is 13.4. The highest BCUT2D eigenvalue weighted by Crippen LogP contribution is 2.26. The van der Waals surface area contributed by atoms with E-state index in [1.54, 1.807) is 11.3 Å². The lowest BCUT2D eigenvalue weighted by Gasteiger charge is -2.38. The summed E-state index contributed by atoms with van der Waals surface area (Å²) in [4.78, 5) is 27.0. The molecule has 0 spiro atoms. The average Bonchev–Trinajstić information content (AvgIpc) is 3.02. The molecule has 2 saturated heterocycles. The Bertz CT molecular complexity index is 487. The van der Waals surface area contributed by atoms with E-state index in [4.69, 9.17) is 0 Å². The van der Waals surface area contributed by atoms with Crippen LogP contribution in [0.4, 0.5) is 9.59 Å². The number of amides is 4. The van der Waals surface area contributed by atoms with Crippen LogP contribution in [0.25, 0.3) is 0 Å². The number of imide groups is 1. The number of thiophene rings is 1. The maximum Gasteiger partial charge on any atom is 0.325 e. The van der Waals surface area contributed by atoms with E-state index in [2.05, 4.69) is 32.4 Å². The van der Waals surface area contributed by atoms with Crippen LogP contribution in [0.3, 0.4) is 0 Å². The Labute approximate surface area is 121 Å². The summed E-state index contributed by atoms with van der Waals surface area (Å²) >= 11 is 1.67. The topological polar surface area (TPSA) is 64.7 Å². The van der Waals surface area contributed by atoms with Gasteiger partial charge in [0.1, 0.15) is 0 Å². The van der Waals surface area contributed by atoms with Gasteiger partial charge < -0.3 is 10.6 Å². The number of nitrogens with zero attached hydrogens (tertiary/aromatic N) is 2. The van der Waals surface area contributed by atoms with Gasteiger partial charge in [0.25, 0.3) is 0 Å². The highest BCUT2D eigenvalue weighted by molar-refractivity contribution is 7.07. The number of carbonyl (C=O) groups excluding carboxylic acids is 2. The first-order valence-corrected chi connectivity index (χ1v) is 7.79. The Balaban J connectivity index is 1.59. The van der Waals surface area contributed by atoms with Crippen molar-refractivity contribution in [1.29, 1.82) is 0 Å². The average molecular weight is 294 g/mol. The van der Waals surface area contributed by atoms with Crippen LogP contribution in [0.15, 0.2) is 16.8 Å². The van der Waals surface area contributed by atoms with Crippen molar-refractivity contribution < 1.29 is 9.59 Å². The zero-order valence-electron chi connectivity index (χ0n) is 11.2. The Morgan fingerprint density at radius 3 is 2.85 bits per heavy atom. The Hall–Kier alpha value is -1.60. The van der Waals surface area contributed by atoms with E-state index >= 15 is 0 Å². The molecule has 0 radical (unpaired) electrons. The monoisotopic (exact) mass is 294 g/mol. The lowest BCUT2D eigenvalue weighted by Crippen LogP contribution is -2.48. The van der Waals surface area contributed by atoms with Crippen molar-refractivity contribution in [3.63, 3.8) is 0 Å². The van der Waals surface area contributed by atoms with Crippen LogP contribution < -0.4 is 10.6 Å². The first-order chi connectivity index (χ1) is 9.75. The second-order valence-corrected chi connectivity index (χ2v) is 5.81. The van der Waals surface area contributed by atoms with Gasteiger partial charge in [-0.3, -0.25) is 4.90 Å². The van der Waals surface area contributed by atoms with Gasteiger partial charge >= 0.3 is 12.1 Å². The molecule has 3 rings (SSSR count). The molecule has 1 aromatic rings. The third-order valence-electron chi connectivity index (χ3n) is 3.81. The minimum Gasteiger partial charge on any atom is -0.336 e. The summed E-state index contributed by atoms with van der Waals surface area (Å²) in [5, 5.41) is 9.69. The number of rotatable bonds is 4. The molecule has 2 fully saturated rings. The van der Waals surface area contributed by atoms with E-state index in [0.717, 1.165) is 13.1 Å². The summed E-state index contributed by atoms with van der Waals surface area (Å²) in [6.45, 7) is 3.66. The van der Waals surface area contributed by atoms with Gasteiger partial charge in [-0.15, -0.1) is 0 Å². The third kappa shape index (κ3) is 2.64. The molecule has 6 nitrogen and oxygen atoms in total. The molecular weight excluding hydrogens is 276 g/mol. The molecule has 0 aliphatic carbocycles. The fourth-order valence-corrected chi connectivity index (χ4v) is 3.23. The van der Waals surface area contributed by atoms with Crippen molar-refractivity contribution in [2.45, 2.75) is 12.5 Å². The summed E-state index contributed by atoms with van der Waals surface area (Å²) in [6.07, 6.45) is 1.21. The van der Waals surface area contributed by atoms with Gasteiger partial charge in [-0.1, -0.05) is 0 Å². The van der Waals surface area contributed by atoms with Gasteiger partial charge in [0.15, 0.2) is 0 Å². The van der Waals surface area contributed by atoms with Gasteiger partial charge in [0, 0.05) is 32.7 Å². The van der Waals surface area contributed by atoms with Gasteiger partial charge in [-0.05, 0) is 28.8 Å². The standard InChI is InChI=1S/C13H18N4O2S/c18-12-14-3-6-17(12)13(19)15-8-11(16-4-1-5-16)10-2-7-20-9-10/h2,7,9,11H,1,3-6,8H2,(H,14,18)(H,15,19)/t11-/m1/s1. The van der Waals surface area contributed by atoms with Crippen molar-refractivity contribution >= 4 is 23.4 Å². The number of urea groups is 2. The molecule has 4 amide bonds. The Morgan fingerprint density at radius 1 is 1.45 bits per heavy atom. The van der Waals surface area contributed by atoms with Crippen molar-refractivity contribution in [1.82, 2.24) is 20.4 Å². The molecule has 108 valence electrons. The quantitative estimate of drug-likeness (QED) is 0.878. The SMILES string of the molecule is O=C1NCCN1C(=O)NC[C@H](c1ccsc1)N1CCC1. The molecule has 0 bridgehead atoms. The van der Waals surface area contributed by atoms with Crippen LogP contribution in [0, 0.1) is 0 Å². The lowest BCUT2D eigenvalue weighted by atomic mass is 10.0. The maximum atomic E-state index is 12.0. The second-order valence-electron chi connectivity index (χ2n) is 5.03. The minimum absolute atomic E-state index is 0.213. The van der Waals surface area contributed by atoms with Gasteiger partial charge in [-0.25, -0.2) is 14.5 Å². The molecule has 7 heteroatoms. The molecule has 0 aromatic carbocycles. The molecule has 2 aliphatic rings. The third-order valence-corrected chi connectivity index (χ3v) is 4.51. The zero-order chi connectivity index (χ0) is 13.9. The maximum absolute atomic E-state index is 12.0. The molecule has 2 N–H and O–H groups in total. The summed E-state index contributed by atoms with van der Waals surface area (Å²) in [5.74, 6) is 0. The smallest absolute Gasteiger partial charge is 0.325 e. The molecule has 3 heterocycles. The fraction of sp³-hybridized carbons (Fsp3) is 0.538. The van der Waals surface area contributed by atoms with E-state index in [-0.39, 0.29) is 18.1 Å². The summed E-state index contributed by atoms with van der Waals surface area (Å²) in [6, 6.07) is 1.70. The van der Waals surface area contributed by atoms with E-state index in [0.29, 0.717) is 19.6 Å². The number of nitrogens with one attached hydrogen (secondary N) is 2. The predicted molar refractivity (Wildman–Crippen MR) is 76.8 cm³/mol. The van der Waals surface area contributed by atoms with Crippen LogP contribution >= 0.6 is 11.3 Å². The molecule has 0 saturated carbocycles. The van der Waals surface area contributed by atoms with Crippen molar-refractivity contribution in [2.75, 3.05) is 32.7 Å². The molecule has 1 atom stereocenters. The Morgan fingerprint density at radius 2 is 2.30 bits per heavy atom. The van der Waals surface area contributed by atoms with Crippen molar-refractivity contribution in [3.8, 4) is 0 Å². The largest absolute Gasteiger partial charge is 0.336 e. The normalized spacial score (nSPS) is 20.4. The van der Waals surface area contributed by atoms with E-state index in [1.807, 2.05) is 0 Å². The lowest BCUT2D eigenvalue weighted by molar-refractivity contribution is 0.116. The molecule has 2 aliphatic heterocycles. The molecule has 0 unspecified atom stereocenters. The highest BCUT2D eigenvalue weighted by atomic mass is 32.1. The number of hydrogen-bond donors (Lipinski definition) is 2. The van der Waals surface area contributed by atoms with Gasteiger partial charge in [-0.2, -0.15) is 11.3 Å². The van der Waals surface area contributed by atoms with Crippen LogP contribution in [0.1, 0.15) is 18.0 Å². The van der Waals surface area contributed by atoms with Crippen LogP contribution in [-0.2, 0) is 0 Å². The molecule has 1 aromatic heterocycles. The number of likely N-dealkylation sites (tertiary alicyclic amines) is 1. The van der Waals surface area contributed by atoms with Crippen molar-refractivity contribution in [3.05, 3.63) is 22.4 Å². The summed E-state index contributed by atoms with van der Waals surface area (Å²) in [5.41, 5.74) is 1.24. The number of hydrogen-bond acceptors (Lipinski definition) is 4. The van der Waals surface area contributed by atoms with E-state index < -0.39 is 0 Å². The first-order valence-electron chi connectivity index (χ1n) is 6.85. The van der Waals surface area contributed by atoms with E-state index in [1.165, 1.54) is 16.9 Å². The molecule has 20 heavy (non-hydrogen) atoms. The minimum atomic E-state index is -0.307. The van der Waals surface area contributed by atoms with Crippen LogP contribution in [0.2, 0.25) is 0 Å². The summed E-state index contributed by atoms with van der Waals surface area (Å²) in [7, 11) is 0. The van der Waals surface area contributed by atoms with Crippen LogP contribution in [-0.4, -0.2) is 54.6 Å². The van der Waals surface area contributed by atoms with Crippen LogP contribution in [0.5, 0.6) is 0 Å².